The Morgan fingerprint density at radius 1 is 1.19 bits per heavy atom. The topological polar surface area (TPSA) is 61.8 Å². The highest BCUT2D eigenvalue weighted by molar-refractivity contribution is 5.73. The molecule has 0 saturated heterocycles. The van der Waals surface area contributed by atoms with E-state index in [4.69, 9.17) is 14.2 Å². The van der Waals surface area contributed by atoms with Crippen molar-refractivity contribution in [3.05, 3.63) is 0 Å². The van der Waals surface area contributed by atoms with Crippen molar-refractivity contribution in [3.63, 3.8) is 0 Å². The summed E-state index contributed by atoms with van der Waals surface area (Å²) in [5.41, 5.74) is 0.123. The smallest absolute Gasteiger partial charge is 0.311 e. The lowest BCUT2D eigenvalue weighted by molar-refractivity contribution is -0.165. The van der Waals surface area contributed by atoms with Crippen LogP contribution in [0.25, 0.3) is 0 Å². The van der Waals surface area contributed by atoms with Gasteiger partial charge in [0, 0.05) is 13.5 Å². The number of hydrogen-bond donors (Lipinski definition) is 0. The van der Waals surface area contributed by atoms with Crippen LogP contribution < -0.4 is 0 Å². The second-order valence-electron chi connectivity index (χ2n) is 6.91. The Morgan fingerprint density at radius 3 is 2.52 bits per heavy atom. The molecule has 1 aliphatic carbocycles. The van der Waals surface area contributed by atoms with Gasteiger partial charge in [-0.15, -0.1) is 0 Å². The fourth-order valence-corrected chi connectivity index (χ4v) is 2.42. The van der Waals surface area contributed by atoms with Gasteiger partial charge in [-0.1, -0.05) is 20.8 Å². The maximum Gasteiger partial charge on any atom is 0.311 e. The molecule has 2 unspecified atom stereocenters. The summed E-state index contributed by atoms with van der Waals surface area (Å²) in [4.78, 5) is 23.7. The Bertz CT molecular complexity index is 345. The standard InChI is InChI=1S/C16H28O5/c1-16(2,3)9-8-14(17)21-13-7-5-6-12(10-13)15(18)20-11-19-4/h12-13H,5-11H2,1-4H3. The first-order valence-electron chi connectivity index (χ1n) is 7.67. The second kappa shape index (κ2) is 8.37. The van der Waals surface area contributed by atoms with Crippen LogP contribution in [0.1, 0.15) is 59.3 Å². The highest BCUT2D eigenvalue weighted by Gasteiger charge is 2.30. The minimum Gasteiger partial charge on any atom is -0.462 e. The quantitative estimate of drug-likeness (QED) is 0.557. The molecular weight excluding hydrogens is 272 g/mol. The zero-order valence-corrected chi connectivity index (χ0v) is 13.6. The van der Waals surface area contributed by atoms with Gasteiger partial charge in [0.05, 0.1) is 5.92 Å². The van der Waals surface area contributed by atoms with Gasteiger partial charge in [-0.25, -0.2) is 0 Å². The van der Waals surface area contributed by atoms with E-state index in [-0.39, 0.29) is 36.2 Å². The van der Waals surface area contributed by atoms with Crippen molar-refractivity contribution in [2.45, 2.75) is 65.4 Å². The third-order valence-electron chi connectivity index (χ3n) is 3.66. The Kier molecular flexibility index (Phi) is 7.15. The Balaban J connectivity index is 2.35. The summed E-state index contributed by atoms with van der Waals surface area (Å²) >= 11 is 0. The van der Waals surface area contributed by atoms with Crippen LogP contribution in [0.3, 0.4) is 0 Å². The largest absolute Gasteiger partial charge is 0.462 e. The van der Waals surface area contributed by atoms with E-state index in [2.05, 4.69) is 20.8 Å². The number of carbonyl (C=O) groups excluding carboxylic acids is 2. The van der Waals surface area contributed by atoms with Crippen LogP contribution in [0, 0.1) is 11.3 Å². The van der Waals surface area contributed by atoms with Crippen molar-refractivity contribution in [2.75, 3.05) is 13.9 Å². The molecule has 2 atom stereocenters. The molecule has 1 rings (SSSR count). The lowest BCUT2D eigenvalue weighted by Gasteiger charge is -2.28. The van der Waals surface area contributed by atoms with Crippen molar-refractivity contribution < 1.29 is 23.8 Å². The zero-order valence-electron chi connectivity index (χ0n) is 13.6. The van der Waals surface area contributed by atoms with Gasteiger partial charge in [0.1, 0.15) is 6.10 Å². The second-order valence-corrected chi connectivity index (χ2v) is 6.91. The molecule has 1 fully saturated rings. The van der Waals surface area contributed by atoms with Gasteiger partial charge in [0.25, 0.3) is 0 Å². The average Bonchev–Trinajstić information content (AvgIpc) is 2.42. The van der Waals surface area contributed by atoms with Gasteiger partial charge >= 0.3 is 11.9 Å². The van der Waals surface area contributed by atoms with E-state index in [0.29, 0.717) is 12.8 Å². The zero-order chi connectivity index (χ0) is 15.9. The molecule has 0 bridgehead atoms. The number of esters is 2. The monoisotopic (exact) mass is 300 g/mol. The summed E-state index contributed by atoms with van der Waals surface area (Å²) in [6.45, 7) is 6.28. The molecule has 5 heteroatoms. The Hall–Kier alpha value is -1.10. The normalized spacial score (nSPS) is 22.7. The molecule has 1 saturated carbocycles. The van der Waals surface area contributed by atoms with Crippen LogP contribution in [0.4, 0.5) is 0 Å². The number of rotatable bonds is 6. The summed E-state index contributed by atoms with van der Waals surface area (Å²) in [5, 5.41) is 0. The molecule has 0 aliphatic heterocycles. The third-order valence-corrected chi connectivity index (χ3v) is 3.66. The molecule has 0 spiro atoms. The Morgan fingerprint density at radius 2 is 1.90 bits per heavy atom. The third kappa shape index (κ3) is 7.46. The SMILES string of the molecule is COCOC(=O)C1CCCC(OC(=O)CCC(C)(C)C)C1. The molecule has 0 aromatic rings. The Labute approximate surface area is 127 Å². The van der Waals surface area contributed by atoms with Crippen molar-refractivity contribution in [1.82, 2.24) is 0 Å². The van der Waals surface area contributed by atoms with Gasteiger partial charge in [-0.05, 0) is 37.5 Å². The van der Waals surface area contributed by atoms with E-state index >= 15 is 0 Å². The van der Waals surface area contributed by atoms with Crippen LogP contribution in [-0.2, 0) is 23.8 Å². The highest BCUT2D eigenvalue weighted by Crippen LogP contribution is 2.28. The number of carbonyl (C=O) groups is 2. The van der Waals surface area contributed by atoms with Crippen molar-refractivity contribution in [2.24, 2.45) is 11.3 Å². The van der Waals surface area contributed by atoms with E-state index in [1.807, 2.05) is 0 Å². The summed E-state index contributed by atoms with van der Waals surface area (Å²) in [6, 6.07) is 0. The first-order valence-corrected chi connectivity index (χ1v) is 7.67. The fourth-order valence-electron chi connectivity index (χ4n) is 2.42. The summed E-state index contributed by atoms with van der Waals surface area (Å²) in [7, 11) is 1.48. The van der Waals surface area contributed by atoms with Crippen LogP contribution in [0.15, 0.2) is 0 Å². The molecule has 5 nitrogen and oxygen atoms in total. The molecule has 21 heavy (non-hydrogen) atoms. The minimum absolute atomic E-state index is 0.0225. The molecule has 122 valence electrons. The predicted molar refractivity (Wildman–Crippen MR) is 78.5 cm³/mol. The van der Waals surface area contributed by atoms with E-state index in [1.165, 1.54) is 7.11 Å². The summed E-state index contributed by atoms with van der Waals surface area (Å²) in [6.07, 6.45) is 4.13. The highest BCUT2D eigenvalue weighted by atomic mass is 16.7. The van der Waals surface area contributed by atoms with E-state index in [1.54, 1.807) is 0 Å². The van der Waals surface area contributed by atoms with Crippen LogP contribution in [0.5, 0.6) is 0 Å². The molecule has 0 radical (unpaired) electrons. The maximum absolute atomic E-state index is 11.8. The van der Waals surface area contributed by atoms with E-state index < -0.39 is 0 Å². The lowest BCUT2D eigenvalue weighted by atomic mass is 9.87. The number of hydrogen-bond acceptors (Lipinski definition) is 5. The van der Waals surface area contributed by atoms with Crippen LogP contribution >= 0.6 is 0 Å². The number of methoxy groups -OCH3 is 1. The summed E-state index contributed by atoms with van der Waals surface area (Å²) < 4.78 is 15.2. The molecule has 0 aromatic carbocycles. The van der Waals surface area contributed by atoms with Gasteiger partial charge in [0.2, 0.25) is 0 Å². The van der Waals surface area contributed by atoms with Gasteiger partial charge in [0.15, 0.2) is 6.79 Å². The molecule has 1 aliphatic rings. The number of ether oxygens (including phenoxy) is 3. The molecule has 0 heterocycles. The van der Waals surface area contributed by atoms with Crippen LogP contribution in [-0.4, -0.2) is 31.9 Å². The molecule has 0 amide bonds. The molecular formula is C16H28O5. The first-order chi connectivity index (χ1) is 9.81. The van der Waals surface area contributed by atoms with Gasteiger partial charge < -0.3 is 14.2 Å². The lowest BCUT2D eigenvalue weighted by Crippen LogP contribution is -2.31. The van der Waals surface area contributed by atoms with E-state index in [0.717, 1.165) is 25.7 Å². The van der Waals surface area contributed by atoms with Crippen molar-refractivity contribution in [3.8, 4) is 0 Å². The molecule has 0 aromatic heterocycles. The minimum atomic E-state index is -0.257. The van der Waals surface area contributed by atoms with Gasteiger partial charge in [-0.3, -0.25) is 9.59 Å². The first kappa shape index (κ1) is 18.0. The predicted octanol–water partition coefficient (Wildman–Crippen LogP) is 3.06. The van der Waals surface area contributed by atoms with Crippen molar-refractivity contribution in [1.29, 1.82) is 0 Å². The van der Waals surface area contributed by atoms with Crippen molar-refractivity contribution >= 4 is 11.9 Å². The average molecular weight is 300 g/mol. The van der Waals surface area contributed by atoms with Gasteiger partial charge in [-0.2, -0.15) is 0 Å². The molecule has 0 N–H and O–H groups in total. The van der Waals surface area contributed by atoms with Crippen LogP contribution in [0.2, 0.25) is 0 Å². The van der Waals surface area contributed by atoms with E-state index in [9.17, 15) is 9.59 Å². The fraction of sp³-hybridized carbons (Fsp3) is 0.875. The maximum atomic E-state index is 11.8. The summed E-state index contributed by atoms with van der Waals surface area (Å²) in [5.74, 6) is -0.609.